The Morgan fingerprint density at radius 2 is 1.13 bits per heavy atom. The van der Waals surface area contributed by atoms with Crippen molar-refractivity contribution in [3.63, 3.8) is 0 Å². The fourth-order valence-electron chi connectivity index (χ4n) is 4.58. The van der Waals surface area contributed by atoms with E-state index in [0.717, 1.165) is 5.69 Å². The number of aromatic nitrogens is 1. The van der Waals surface area contributed by atoms with Crippen LogP contribution in [0.5, 0.6) is 0 Å². The Balaban J connectivity index is 1.50. The number of anilines is 2. The molecule has 0 radical (unpaired) electrons. The van der Waals surface area contributed by atoms with Crippen molar-refractivity contribution in [3.05, 3.63) is 115 Å². The van der Waals surface area contributed by atoms with E-state index in [1.54, 1.807) is 0 Å². The van der Waals surface area contributed by atoms with Gasteiger partial charge in [-0.2, -0.15) is 0 Å². The first kappa shape index (κ1) is 17.8. The van der Waals surface area contributed by atoms with Crippen LogP contribution < -0.4 is 4.90 Å². The van der Waals surface area contributed by atoms with Crippen LogP contribution in [0, 0.1) is 0 Å². The SMILES string of the molecule is CN(c1cccc(-n2c3ccccc3c3ccccc32)c1)c1ccc2ccccc2c1. The Morgan fingerprint density at radius 1 is 0.516 bits per heavy atom. The molecule has 5 aromatic carbocycles. The van der Waals surface area contributed by atoms with Crippen molar-refractivity contribution in [1.29, 1.82) is 0 Å². The van der Waals surface area contributed by atoms with Crippen molar-refractivity contribution in [1.82, 2.24) is 4.57 Å². The van der Waals surface area contributed by atoms with E-state index in [2.05, 4.69) is 132 Å². The fourth-order valence-corrected chi connectivity index (χ4v) is 4.58. The minimum Gasteiger partial charge on any atom is -0.345 e. The number of nitrogens with zero attached hydrogens (tertiary/aromatic N) is 2. The second kappa shape index (κ2) is 7.03. The Bertz CT molecular complexity index is 1500. The number of fused-ring (bicyclic) bond motifs is 4. The van der Waals surface area contributed by atoms with Crippen molar-refractivity contribution in [2.45, 2.75) is 0 Å². The molecule has 0 aliphatic heterocycles. The van der Waals surface area contributed by atoms with E-state index < -0.39 is 0 Å². The van der Waals surface area contributed by atoms with Gasteiger partial charge in [0.2, 0.25) is 0 Å². The molecule has 0 aliphatic carbocycles. The van der Waals surface area contributed by atoms with Gasteiger partial charge in [0.1, 0.15) is 0 Å². The minimum absolute atomic E-state index is 1.16. The molecular formula is C29H22N2. The van der Waals surface area contributed by atoms with Crippen LogP contribution in [-0.2, 0) is 0 Å². The molecule has 0 unspecified atom stereocenters. The van der Waals surface area contributed by atoms with Crippen molar-refractivity contribution in [3.8, 4) is 5.69 Å². The predicted octanol–water partition coefficient (Wildman–Crippen LogP) is 7.70. The summed E-state index contributed by atoms with van der Waals surface area (Å²) in [6.45, 7) is 0. The first-order valence-corrected chi connectivity index (χ1v) is 10.6. The quantitative estimate of drug-likeness (QED) is 0.296. The van der Waals surface area contributed by atoms with Gasteiger partial charge < -0.3 is 9.47 Å². The van der Waals surface area contributed by atoms with Gasteiger partial charge in [-0.25, -0.2) is 0 Å². The smallest absolute Gasteiger partial charge is 0.0541 e. The molecule has 6 rings (SSSR count). The molecule has 0 bridgehead atoms. The van der Waals surface area contributed by atoms with E-state index in [1.807, 2.05) is 0 Å². The normalized spacial score (nSPS) is 11.4. The molecule has 2 nitrogen and oxygen atoms in total. The molecule has 0 amide bonds. The van der Waals surface area contributed by atoms with Gasteiger partial charge in [-0.3, -0.25) is 0 Å². The van der Waals surface area contributed by atoms with E-state index in [0.29, 0.717) is 0 Å². The molecule has 0 N–H and O–H groups in total. The summed E-state index contributed by atoms with van der Waals surface area (Å²) in [4.78, 5) is 2.25. The van der Waals surface area contributed by atoms with E-state index in [9.17, 15) is 0 Å². The van der Waals surface area contributed by atoms with Crippen LogP contribution in [0.25, 0.3) is 38.3 Å². The van der Waals surface area contributed by atoms with Crippen molar-refractivity contribution in [2.24, 2.45) is 0 Å². The predicted molar refractivity (Wildman–Crippen MR) is 133 cm³/mol. The van der Waals surface area contributed by atoms with Gasteiger partial charge in [0.15, 0.2) is 0 Å². The van der Waals surface area contributed by atoms with Gasteiger partial charge in [-0.1, -0.05) is 72.8 Å². The zero-order valence-electron chi connectivity index (χ0n) is 17.4. The van der Waals surface area contributed by atoms with Crippen LogP contribution >= 0.6 is 0 Å². The summed E-state index contributed by atoms with van der Waals surface area (Å²) in [6, 6.07) is 41.2. The number of benzene rings is 5. The standard InChI is InChI=1S/C29H22N2/c1-30(24-18-17-21-9-2-3-10-22(21)19-24)23-11-8-12-25(20-23)31-28-15-6-4-13-26(28)27-14-5-7-16-29(27)31/h2-20H,1H3. The topological polar surface area (TPSA) is 8.17 Å². The van der Waals surface area contributed by atoms with Gasteiger partial charge in [-0.15, -0.1) is 0 Å². The first-order chi connectivity index (χ1) is 15.3. The highest BCUT2D eigenvalue weighted by molar-refractivity contribution is 6.09. The summed E-state index contributed by atoms with van der Waals surface area (Å²) in [5.74, 6) is 0. The lowest BCUT2D eigenvalue weighted by molar-refractivity contribution is 1.15. The van der Waals surface area contributed by atoms with Crippen LogP contribution in [-0.4, -0.2) is 11.6 Å². The summed E-state index contributed by atoms with van der Waals surface area (Å²) >= 11 is 0. The Hall–Kier alpha value is -4.04. The Labute approximate surface area is 181 Å². The van der Waals surface area contributed by atoms with E-state index >= 15 is 0 Å². The maximum atomic E-state index is 2.36. The minimum atomic E-state index is 1.16. The second-order valence-electron chi connectivity index (χ2n) is 7.98. The third-order valence-corrected chi connectivity index (χ3v) is 6.18. The average Bonchev–Trinajstić information content (AvgIpc) is 3.18. The zero-order valence-corrected chi connectivity index (χ0v) is 17.4. The molecule has 0 fully saturated rings. The van der Waals surface area contributed by atoms with Crippen LogP contribution in [0.3, 0.4) is 0 Å². The monoisotopic (exact) mass is 398 g/mol. The maximum absolute atomic E-state index is 2.36. The van der Waals surface area contributed by atoms with Crippen molar-refractivity contribution >= 4 is 44.0 Å². The number of hydrogen-bond acceptors (Lipinski definition) is 1. The summed E-state index contributed by atoms with van der Waals surface area (Å²) < 4.78 is 2.36. The van der Waals surface area contributed by atoms with E-state index in [-0.39, 0.29) is 0 Å². The lowest BCUT2D eigenvalue weighted by Gasteiger charge is -2.21. The lowest BCUT2D eigenvalue weighted by atomic mass is 10.1. The molecule has 0 saturated heterocycles. The molecule has 1 aromatic heterocycles. The highest BCUT2D eigenvalue weighted by Gasteiger charge is 2.13. The van der Waals surface area contributed by atoms with Crippen molar-refractivity contribution in [2.75, 3.05) is 11.9 Å². The van der Waals surface area contributed by atoms with Gasteiger partial charge in [0, 0.05) is 34.9 Å². The number of hydrogen-bond donors (Lipinski definition) is 0. The summed E-state index contributed by atoms with van der Waals surface area (Å²) in [7, 11) is 2.13. The van der Waals surface area contributed by atoms with Gasteiger partial charge in [0.05, 0.1) is 11.0 Å². The molecule has 31 heavy (non-hydrogen) atoms. The molecule has 0 saturated carbocycles. The molecule has 1 heterocycles. The van der Waals surface area contributed by atoms with Gasteiger partial charge in [-0.05, 0) is 53.2 Å². The largest absolute Gasteiger partial charge is 0.345 e. The zero-order chi connectivity index (χ0) is 20.8. The summed E-state index contributed by atoms with van der Waals surface area (Å²) in [5.41, 5.74) is 5.97. The first-order valence-electron chi connectivity index (χ1n) is 10.6. The van der Waals surface area contributed by atoms with Crippen LogP contribution in [0.15, 0.2) is 115 Å². The number of para-hydroxylation sites is 2. The van der Waals surface area contributed by atoms with Crippen molar-refractivity contribution < 1.29 is 0 Å². The van der Waals surface area contributed by atoms with E-state index in [4.69, 9.17) is 0 Å². The average molecular weight is 399 g/mol. The maximum Gasteiger partial charge on any atom is 0.0541 e. The van der Waals surface area contributed by atoms with E-state index in [1.165, 1.54) is 44.0 Å². The van der Waals surface area contributed by atoms with Gasteiger partial charge in [0.25, 0.3) is 0 Å². The van der Waals surface area contributed by atoms with Crippen LogP contribution in [0.2, 0.25) is 0 Å². The van der Waals surface area contributed by atoms with Crippen LogP contribution in [0.4, 0.5) is 11.4 Å². The Morgan fingerprint density at radius 3 is 1.87 bits per heavy atom. The third-order valence-electron chi connectivity index (χ3n) is 6.18. The molecule has 0 atom stereocenters. The molecule has 0 aliphatic rings. The number of rotatable bonds is 3. The molecule has 148 valence electrons. The fraction of sp³-hybridized carbons (Fsp3) is 0.0345. The molecule has 6 aromatic rings. The second-order valence-corrected chi connectivity index (χ2v) is 7.98. The van der Waals surface area contributed by atoms with Crippen LogP contribution in [0.1, 0.15) is 0 Å². The Kier molecular flexibility index (Phi) is 4.03. The highest BCUT2D eigenvalue weighted by Crippen LogP contribution is 2.34. The van der Waals surface area contributed by atoms with Gasteiger partial charge >= 0.3 is 0 Å². The lowest BCUT2D eigenvalue weighted by Crippen LogP contribution is -2.09. The summed E-state index contributed by atoms with van der Waals surface area (Å²) in [5, 5.41) is 5.09. The molecule has 2 heteroatoms. The third kappa shape index (κ3) is 2.88. The molecular weight excluding hydrogens is 376 g/mol. The highest BCUT2D eigenvalue weighted by atomic mass is 15.1. The molecule has 0 spiro atoms. The summed E-state index contributed by atoms with van der Waals surface area (Å²) in [6.07, 6.45) is 0.